The first-order chi connectivity index (χ1) is 20.8. The fraction of sp³-hybridized carbons (Fsp3) is 0.290. The predicted molar refractivity (Wildman–Crippen MR) is 168 cm³/mol. The van der Waals surface area contributed by atoms with Gasteiger partial charge in [0.25, 0.3) is 11.5 Å². The Kier molecular flexibility index (Phi) is 7.85. The molecule has 1 aromatic heterocycles. The van der Waals surface area contributed by atoms with E-state index in [9.17, 15) is 19.2 Å². The lowest BCUT2D eigenvalue weighted by Gasteiger charge is -2.39. The highest BCUT2D eigenvalue weighted by Gasteiger charge is 2.34. The van der Waals surface area contributed by atoms with E-state index in [1.807, 2.05) is 25.1 Å². The molecule has 0 unspecified atom stereocenters. The number of nitriles is 1. The molecule has 2 fully saturated rings. The van der Waals surface area contributed by atoms with Gasteiger partial charge >= 0.3 is 0 Å². The van der Waals surface area contributed by atoms with Crippen molar-refractivity contribution in [3.8, 4) is 17.6 Å². The second-order valence-corrected chi connectivity index (χ2v) is 12.0. The molecule has 0 radical (unpaired) electrons. The number of nitrogens with zero attached hydrogens (tertiary/aromatic N) is 5. The Hall–Kier alpha value is -4.34. The van der Waals surface area contributed by atoms with Gasteiger partial charge in [0.05, 0.1) is 11.4 Å². The number of carbonyl (C=O) groups excluding carboxylic acids is 1. The minimum Gasteiger partial charge on any atom is -0.454 e. The molecule has 0 N–H and O–H groups in total. The van der Waals surface area contributed by atoms with Gasteiger partial charge in [-0.2, -0.15) is 5.26 Å². The largest absolute Gasteiger partial charge is 0.454 e. The van der Waals surface area contributed by atoms with E-state index in [-0.39, 0.29) is 36.2 Å². The van der Waals surface area contributed by atoms with Gasteiger partial charge in [0.2, 0.25) is 6.79 Å². The smallest absolute Gasteiger partial charge is 0.270 e. The molecule has 0 spiro atoms. The molecular formula is C31H28FN5O4S2. The molecule has 1 amide bonds. The van der Waals surface area contributed by atoms with E-state index in [0.29, 0.717) is 70.4 Å². The molecule has 9 nitrogen and oxygen atoms in total. The number of ether oxygens (including phenoxy) is 2. The lowest BCUT2D eigenvalue weighted by Crippen LogP contribution is -2.48. The minimum absolute atomic E-state index is 0.0534. The van der Waals surface area contributed by atoms with Crippen molar-refractivity contribution in [3.63, 3.8) is 0 Å². The number of carbonyl (C=O) groups is 1. The molecule has 6 rings (SSSR count). The number of thiocarbonyl (C=S) groups is 1. The molecular weight excluding hydrogens is 590 g/mol. The van der Waals surface area contributed by atoms with Crippen molar-refractivity contribution in [3.05, 3.63) is 85.8 Å². The van der Waals surface area contributed by atoms with Crippen LogP contribution in [-0.2, 0) is 17.9 Å². The van der Waals surface area contributed by atoms with E-state index in [1.54, 1.807) is 34.6 Å². The van der Waals surface area contributed by atoms with Crippen molar-refractivity contribution in [2.24, 2.45) is 0 Å². The van der Waals surface area contributed by atoms with Crippen molar-refractivity contribution >= 4 is 51.8 Å². The lowest BCUT2D eigenvalue weighted by molar-refractivity contribution is -0.122. The predicted octanol–water partition coefficient (Wildman–Crippen LogP) is 4.64. The number of thioether (sulfide) groups is 1. The normalized spacial score (nSPS) is 17.3. The quantitative estimate of drug-likeness (QED) is 0.290. The van der Waals surface area contributed by atoms with Crippen LogP contribution in [0.1, 0.15) is 29.2 Å². The van der Waals surface area contributed by atoms with E-state index in [4.69, 9.17) is 21.7 Å². The number of benzene rings is 2. The highest BCUT2D eigenvalue weighted by molar-refractivity contribution is 8.26. The standard InChI is InChI=1S/C31H28FN5O4S2/c1-3-36-28(35-12-10-34(11-13-35)22-7-5-21(32)6-8-22)23(19(2)24(16-33)29(36)38)15-27-30(39)37(31(42)43-27)17-20-4-9-25-26(14-20)41-18-40-25/h4-9,14-15H,3,10-13,17-18H2,1-2H3/b27-15-. The molecule has 0 atom stereocenters. The number of aromatic nitrogens is 1. The van der Waals surface area contributed by atoms with Crippen molar-refractivity contribution < 1.29 is 18.7 Å². The molecule has 0 saturated carbocycles. The molecule has 43 heavy (non-hydrogen) atoms. The van der Waals surface area contributed by atoms with Gasteiger partial charge in [-0.1, -0.05) is 30.0 Å². The Morgan fingerprint density at radius 1 is 1.05 bits per heavy atom. The third-order valence-electron chi connectivity index (χ3n) is 7.86. The first-order valence-corrected chi connectivity index (χ1v) is 15.1. The Morgan fingerprint density at radius 3 is 2.44 bits per heavy atom. The number of rotatable bonds is 6. The molecule has 3 aromatic rings. The molecule has 3 aliphatic heterocycles. The number of hydrogen-bond acceptors (Lipinski definition) is 9. The maximum Gasteiger partial charge on any atom is 0.270 e. The number of anilines is 2. The molecule has 12 heteroatoms. The SMILES string of the molecule is CCn1c(N2CCN(c3ccc(F)cc3)CC2)c(/C=C2\SC(=S)N(Cc3ccc4c(c3)OCO4)C2=O)c(C)c(C#N)c1=O. The average Bonchev–Trinajstić information content (AvgIpc) is 3.58. The average molecular weight is 618 g/mol. The topological polar surface area (TPSA) is 91.0 Å². The fourth-order valence-corrected chi connectivity index (χ4v) is 6.83. The highest BCUT2D eigenvalue weighted by atomic mass is 32.2. The number of piperazine rings is 1. The van der Waals surface area contributed by atoms with Crippen LogP contribution in [0.15, 0.2) is 52.2 Å². The summed E-state index contributed by atoms with van der Waals surface area (Å²) in [7, 11) is 0. The van der Waals surface area contributed by atoms with Crippen LogP contribution < -0.4 is 24.8 Å². The molecule has 0 aliphatic carbocycles. The van der Waals surface area contributed by atoms with Crippen LogP contribution in [0.2, 0.25) is 0 Å². The second kappa shape index (κ2) is 11.7. The number of hydrogen-bond donors (Lipinski definition) is 0. The summed E-state index contributed by atoms with van der Waals surface area (Å²) in [5.74, 6) is 1.43. The Bertz CT molecular complexity index is 1760. The van der Waals surface area contributed by atoms with Gasteiger partial charge in [0.1, 0.15) is 27.6 Å². The zero-order valence-electron chi connectivity index (χ0n) is 23.6. The highest BCUT2D eigenvalue weighted by Crippen LogP contribution is 2.38. The van der Waals surface area contributed by atoms with Gasteiger partial charge in [-0.3, -0.25) is 19.1 Å². The third-order valence-corrected chi connectivity index (χ3v) is 9.24. The van der Waals surface area contributed by atoms with Gasteiger partial charge in [-0.15, -0.1) is 0 Å². The van der Waals surface area contributed by atoms with Gasteiger partial charge in [-0.05, 0) is 67.4 Å². The Morgan fingerprint density at radius 2 is 1.74 bits per heavy atom. The number of halogens is 1. The fourth-order valence-electron chi connectivity index (χ4n) is 5.60. The van der Waals surface area contributed by atoms with Crippen LogP contribution in [0.25, 0.3) is 6.08 Å². The van der Waals surface area contributed by atoms with Gasteiger partial charge < -0.3 is 19.3 Å². The van der Waals surface area contributed by atoms with E-state index in [2.05, 4.69) is 15.9 Å². The molecule has 3 aliphatic rings. The number of amides is 1. The van der Waals surface area contributed by atoms with Crippen molar-refractivity contribution in [1.29, 1.82) is 5.26 Å². The van der Waals surface area contributed by atoms with Crippen molar-refractivity contribution in [1.82, 2.24) is 9.47 Å². The van der Waals surface area contributed by atoms with Crippen LogP contribution in [-0.4, -0.2) is 52.7 Å². The van der Waals surface area contributed by atoms with Gasteiger partial charge in [0.15, 0.2) is 11.5 Å². The summed E-state index contributed by atoms with van der Waals surface area (Å²) in [6.07, 6.45) is 1.77. The molecule has 2 aromatic carbocycles. The Balaban J connectivity index is 1.33. The van der Waals surface area contributed by atoms with Crippen LogP contribution in [0.4, 0.5) is 15.9 Å². The number of fused-ring (bicyclic) bond motifs is 1. The molecule has 4 heterocycles. The van der Waals surface area contributed by atoms with Crippen LogP contribution >= 0.6 is 24.0 Å². The molecule has 2 saturated heterocycles. The Labute approximate surface area is 257 Å². The minimum atomic E-state index is -0.356. The summed E-state index contributed by atoms with van der Waals surface area (Å²) in [5.41, 5.74) is 2.65. The zero-order valence-corrected chi connectivity index (χ0v) is 25.3. The van der Waals surface area contributed by atoms with Crippen LogP contribution in [0, 0.1) is 24.1 Å². The van der Waals surface area contributed by atoms with E-state index in [0.717, 1.165) is 11.3 Å². The zero-order chi connectivity index (χ0) is 30.2. The van der Waals surface area contributed by atoms with E-state index in [1.165, 1.54) is 23.9 Å². The third kappa shape index (κ3) is 5.34. The van der Waals surface area contributed by atoms with Crippen LogP contribution in [0.3, 0.4) is 0 Å². The summed E-state index contributed by atoms with van der Waals surface area (Å²) in [6, 6.07) is 14.0. The molecule has 220 valence electrons. The second-order valence-electron chi connectivity index (χ2n) is 10.3. The monoisotopic (exact) mass is 617 g/mol. The summed E-state index contributed by atoms with van der Waals surface area (Å²) >= 11 is 6.81. The summed E-state index contributed by atoms with van der Waals surface area (Å²) in [4.78, 5) is 33.3. The van der Waals surface area contributed by atoms with E-state index >= 15 is 0 Å². The first-order valence-electron chi connectivity index (χ1n) is 13.9. The molecule has 0 bridgehead atoms. The maximum atomic E-state index is 13.7. The maximum absolute atomic E-state index is 13.7. The number of pyridine rings is 1. The summed E-state index contributed by atoms with van der Waals surface area (Å²) in [5, 5.41) is 9.90. The van der Waals surface area contributed by atoms with Gasteiger partial charge in [-0.25, -0.2) is 4.39 Å². The van der Waals surface area contributed by atoms with Crippen molar-refractivity contribution in [2.75, 3.05) is 42.8 Å². The van der Waals surface area contributed by atoms with Crippen LogP contribution in [0.5, 0.6) is 11.5 Å². The van der Waals surface area contributed by atoms with Crippen molar-refractivity contribution in [2.45, 2.75) is 26.9 Å². The summed E-state index contributed by atoms with van der Waals surface area (Å²) in [6.45, 7) is 6.89. The first kappa shape index (κ1) is 28.8. The van der Waals surface area contributed by atoms with E-state index < -0.39 is 0 Å². The summed E-state index contributed by atoms with van der Waals surface area (Å²) < 4.78 is 26.4. The van der Waals surface area contributed by atoms with Gasteiger partial charge in [0, 0.05) is 44.0 Å². The lowest BCUT2D eigenvalue weighted by atomic mass is 10.0.